The molecule has 0 N–H and O–H groups in total. The zero-order valence-corrected chi connectivity index (χ0v) is 49.4. The van der Waals surface area contributed by atoms with Gasteiger partial charge in [0.2, 0.25) is 0 Å². The molecule has 0 bridgehead atoms. The maximum absolute atomic E-state index is 7.02. The van der Waals surface area contributed by atoms with Gasteiger partial charge < -0.3 is 13.7 Å². The Balaban J connectivity index is 0.817. The van der Waals surface area contributed by atoms with Crippen LogP contribution in [0.5, 0.6) is 0 Å². The fraction of sp³-hybridized carbons (Fsp3) is 0.0575. The second-order valence-electron chi connectivity index (χ2n) is 26.0. The third kappa shape index (κ3) is 5.83. The van der Waals surface area contributed by atoms with Crippen molar-refractivity contribution in [3.63, 3.8) is 0 Å². The quantitative estimate of drug-likeness (QED) is 0.176. The molecule has 0 fully saturated rings. The average Bonchev–Trinajstić information content (AvgIpc) is 1.49. The van der Waals surface area contributed by atoms with Crippen molar-refractivity contribution in [1.82, 2.24) is 0 Å². The topological polar surface area (TPSA) is 29.5 Å². The van der Waals surface area contributed by atoms with Crippen molar-refractivity contribution in [3.8, 4) is 66.8 Å². The molecule has 0 saturated carbocycles. The molecular formula is C87H53NO2. The SMILES string of the molecule is CC1(C)c2cc(N(c3ccccc3)c3ccc4c(c3)C3(c5ccccc5-c5ccccc53)c3cc5c(cc3-4)C3(c4ccccc4-c4ccccc43)c3ccc4oc6ccccc6c4c3-5)ccc2-c2c1cc(-c1cccc3ccccc13)c1oc3ccccc3c21. The fourth-order valence-corrected chi connectivity index (χ4v) is 18.1. The molecule has 3 nitrogen and oxygen atoms in total. The highest BCUT2D eigenvalue weighted by atomic mass is 16.3. The first-order valence-electron chi connectivity index (χ1n) is 31.6. The molecule has 0 aliphatic heterocycles. The Hall–Kier alpha value is -11.3. The Morgan fingerprint density at radius 2 is 0.722 bits per heavy atom. The van der Waals surface area contributed by atoms with E-state index in [9.17, 15) is 0 Å². The van der Waals surface area contributed by atoms with Crippen molar-refractivity contribution in [1.29, 1.82) is 0 Å². The minimum absolute atomic E-state index is 0.374. The van der Waals surface area contributed by atoms with Crippen LogP contribution in [-0.2, 0) is 16.2 Å². The third-order valence-electron chi connectivity index (χ3n) is 21.7. The number of anilines is 3. The molecule has 90 heavy (non-hydrogen) atoms. The summed E-state index contributed by atoms with van der Waals surface area (Å²) >= 11 is 0. The summed E-state index contributed by atoms with van der Waals surface area (Å²) in [6, 6.07) is 107. The number of rotatable bonds is 4. The standard InChI is InChI=1S/C87H53NO2/c1-85(2)72-45-52(40-42-61(72)80-76(85)48-65(55-32-20-22-50-21-6-7-25-54(50)55)84-83(80)63-31-13-19-38-78(63)90-84)88(51-23-4-3-5-24-51)53-39-41-60-64-47-75-66(49-74(64)87(73(60)46-53)69-35-16-10-28-58(69)59-29-11-17-36-70(59)87)81-71(43-44-79-82(81)62-30-12-18-37-77(62)89-79)86(75)67-33-14-8-26-56(67)57-27-9-15-34-68(57)86/h3-49H,1-2H3. The third-order valence-corrected chi connectivity index (χ3v) is 21.7. The molecule has 2 heterocycles. The van der Waals surface area contributed by atoms with E-state index in [0.717, 1.165) is 55.7 Å². The number of furan rings is 2. The lowest BCUT2D eigenvalue weighted by atomic mass is 9.68. The molecule has 0 saturated heterocycles. The van der Waals surface area contributed by atoms with Crippen LogP contribution < -0.4 is 4.90 Å². The second kappa shape index (κ2) is 17.1. The van der Waals surface area contributed by atoms with Gasteiger partial charge in [0.05, 0.1) is 10.8 Å². The predicted molar refractivity (Wildman–Crippen MR) is 369 cm³/mol. The van der Waals surface area contributed by atoms with Crippen molar-refractivity contribution in [2.45, 2.75) is 30.1 Å². The van der Waals surface area contributed by atoms with Crippen LogP contribution in [-0.4, -0.2) is 0 Å². The molecule has 418 valence electrons. The van der Waals surface area contributed by atoms with Gasteiger partial charge in [0.1, 0.15) is 22.3 Å². The maximum atomic E-state index is 7.02. The summed E-state index contributed by atoms with van der Waals surface area (Å²) in [7, 11) is 0. The van der Waals surface area contributed by atoms with Gasteiger partial charge in [0, 0.05) is 49.6 Å². The smallest absolute Gasteiger partial charge is 0.143 e. The molecular weight excluding hydrogens is 1090 g/mol. The highest BCUT2D eigenvalue weighted by molar-refractivity contribution is 6.21. The van der Waals surface area contributed by atoms with Crippen LogP contribution in [0.4, 0.5) is 17.1 Å². The molecule has 2 spiro atoms. The summed E-state index contributed by atoms with van der Waals surface area (Å²) in [5.41, 5.74) is 33.4. The van der Waals surface area contributed by atoms with Crippen molar-refractivity contribution in [2.24, 2.45) is 0 Å². The number of hydrogen-bond acceptors (Lipinski definition) is 3. The van der Waals surface area contributed by atoms with Crippen molar-refractivity contribution in [2.75, 3.05) is 4.90 Å². The molecule has 2 aromatic heterocycles. The van der Waals surface area contributed by atoms with E-state index in [1.54, 1.807) is 0 Å². The van der Waals surface area contributed by atoms with Crippen LogP contribution in [0.25, 0.3) is 121 Å². The maximum Gasteiger partial charge on any atom is 0.143 e. The lowest BCUT2D eigenvalue weighted by molar-refractivity contribution is 0.657. The first-order valence-corrected chi connectivity index (χ1v) is 31.6. The Morgan fingerprint density at radius 1 is 0.256 bits per heavy atom. The van der Waals surface area contributed by atoms with E-state index in [1.807, 2.05) is 0 Å². The van der Waals surface area contributed by atoms with Gasteiger partial charge in [-0.1, -0.05) is 226 Å². The molecule has 0 radical (unpaired) electrons. The number of benzene rings is 14. The highest BCUT2D eigenvalue weighted by Crippen LogP contribution is 2.70. The molecule has 21 rings (SSSR count). The number of nitrogens with zero attached hydrogens (tertiary/aromatic N) is 1. The van der Waals surface area contributed by atoms with E-state index in [4.69, 9.17) is 8.83 Å². The van der Waals surface area contributed by atoms with E-state index in [1.165, 1.54) is 138 Å². The van der Waals surface area contributed by atoms with Gasteiger partial charge in [-0.3, -0.25) is 0 Å². The number of hydrogen-bond donors (Lipinski definition) is 0. The van der Waals surface area contributed by atoms with E-state index in [2.05, 4.69) is 304 Å². The van der Waals surface area contributed by atoms with Gasteiger partial charge in [0.15, 0.2) is 0 Å². The van der Waals surface area contributed by atoms with Crippen LogP contribution in [0.2, 0.25) is 0 Å². The molecule has 14 aromatic carbocycles. The van der Waals surface area contributed by atoms with Crippen LogP contribution in [0.3, 0.4) is 0 Å². The van der Waals surface area contributed by atoms with Gasteiger partial charge in [-0.05, 0) is 200 Å². The van der Waals surface area contributed by atoms with Crippen LogP contribution in [0.1, 0.15) is 69.5 Å². The van der Waals surface area contributed by atoms with Crippen LogP contribution >= 0.6 is 0 Å². The summed E-state index contributed by atoms with van der Waals surface area (Å²) in [5.74, 6) is 0. The zero-order chi connectivity index (χ0) is 58.9. The van der Waals surface area contributed by atoms with E-state index in [0.29, 0.717) is 0 Å². The van der Waals surface area contributed by atoms with Crippen molar-refractivity contribution >= 4 is 71.7 Å². The molecule has 0 atom stereocenters. The number of fused-ring (bicyclic) bond motifs is 32. The fourth-order valence-electron chi connectivity index (χ4n) is 18.1. The van der Waals surface area contributed by atoms with Gasteiger partial charge in [0.25, 0.3) is 0 Å². The monoisotopic (exact) mass is 1140 g/mol. The first-order chi connectivity index (χ1) is 44.4. The Labute approximate surface area is 520 Å². The van der Waals surface area contributed by atoms with E-state index >= 15 is 0 Å². The number of para-hydroxylation sites is 3. The largest absolute Gasteiger partial charge is 0.456 e. The zero-order valence-electron chi connectivity index (χ0n) is 49.4. The molecule has 16 aromatic rings. The molecule has 5 aliphatic rings. The summed E-state index contributed by atoms with van der Waals surface area (Å²) in [4.78, 5) is 2.51. The Morgan fingerprint density at radius 3 is 1.40 bits per heavy atom. The van der Waals surface area contributed by atoms with Gasteiger partial charge in [-0.25, -0.2) is 0 Å². The van der Waals surface area contributed by atoms with Crippen LogP contribution in [0, 0.1) is 0 Å². The molecule has 5 aliphatic carbocycles. The van der Waals surface area contributed by atoms with Crippen molar-refractivity contribution in [3.05, 3.63) is 341 Å². The molecule has 0 unspecified atom stereocenters. The minimum atomic E-state index is -0.666. The first kappa shape index (κ1) is 48.8. The Bertz CT molecular complexity index is 5810. The second-order valence-corrected chi connectivity index (χ2v) is 26.0. The molecule has 0 amide bonds. The van der Waals surface area contributed by atoms with Crippen molar-refractivity contribution < 1.29 is 8.83 Å². The summed E-state index contributed by atoms with van der Waals surface area (Å²) in [6.07, 6.45) is 0. The normalized spacial score (nSPS) is 14.8. The highest BCUT2D eigenvalue weighted by Gasteiger charge is 2.57. The lowest BCUT2D eigenvalue weighted by Gasteiger charge is -2.33. The van der Waals surface area contributed by atoms with Gasteiger partial charge >= 0.3 is 0 Å². The van der Waals surface area contributed by atoms with E-state index in [-0.39, 0.29) is 5.41 Å². The minimum Gasteiger partial charge on any atom is -0.456 e. The van der Waals surface area contributed by atoms with Crippen LogP contribution in [0.15, 0.2) is 294 Å². The van der Waals surface area contributed by atoms with Gasteiger partial charge in [-0.15, -0.1) is 0 Å². The summed E-state index contributed by atoms with van der Waals surface area (Å²) in [5, 5.41) is 7.06. The summed E-state index contributed by atoms with van der Waals surface area (Å²) < 4.78 is 13.9. The Kier molecular flexibility index (Phi) is 9.26. The average molecular weight is 1140 g/mol. The van der Waals surface area contributed by atoms with E-state index < -0.39 is 10.8 Å². The molecule has 3 heteroatoms. The van der Waals surface area contributed by atoms with Gasteiger partial charge in [-0.2, -0.15) is 0 Å². The predicted octanol–water partition coefficient (Wildman–Crippen LogP) is 22.8. The summed E-state index contributed by atoms with van der Waals surface area (Å²) in [6.45, 7) is 4.84. The lowest BCUT2D eigenvalue weighted by Crippen LogP contribution is -2.27.